The topological polar surface area (TPSA) is 53.4 Å². The van der Waals surface area contributed by atoms with Crippen LogP contribution < -0.4 is 4.90 Å². The molecule has 0 fully saturated rings. The zero-order valence-corrected chi connectivity index (χ0v) is 11.5. The second-order valence-electron chi connectivity index (χ2n) is 4.75. The van der Waals surface area contributed by atoms with Crippen molar-refractivity contribution in [3.8, 4) is 11.5 Å². The van der Waals surface area contributed by atoms with Gasteiger partial charge >= 0.3 is 6.09 Å². The van der Waals surface area contributed by atoms with Gasteiger partial charge in [-0.05, 0) is 12.1 Å². The number of hydrogen-bond acceptors (Lipinski definition) is 2. The fourth-order valence-corrected chi connectivity index (χ4v) is 1.54. The molecule has 5 heteroatoms. The van der Waals surface area contributed by atoms with Crippen LogP contribution in [0, 0.1) is 11.5 Å². The zero-order valence-electron chi connectivity index (χ0n) is 10.5. The molecule has 1 aromatic heterocycles. The van der Waals surface area contributed by atoms with Gasteiger partial charge in [-0.25, -0.2) is 9.78 Å². The first kappa shape index (κ1) is 13.3. The van der Waals surface area contributed by atoms with Gasteiger partial charge in [0.15, 0.2) is 0 Å². The Balaban J connectivity index is 2.88. The molecule has 0 aliphatic carbocycles. The summed E-state index contributed by atoms with van der Waals surface area (Å²) in [7, 11) is 0.0697. The first-order valence-electron chi connectivity index (χ1n) is 5.25. The zero-order chi connectivity index (χ0) is 13.1. The molecule has 1 N–H and O–H groups in total. The number of rotatable bonds is 1. The molecule has 0 saturated carbocycles. The fraction of sp³-hybridized carbons (Fsp3) is 0.333. The highest BCUT2D eigenvalue weighted by Gasteiger charge is 2.09. The highest BCUT2D eigenvalue weighted by Crippen LogP contribution is 2.09. The van der Waals surface area contributed by atoms with E-state index in [1.165, 1.54) is 7.05 Å². The lowest BCUT2D eigenvalue weighted by Gasteiger charge is -2.11. The number of anilines is 1. The highest BCUT2D eigenvalue weighted by molar-refractivity contribution is 6.83. The average molecular weight is 248 g/mol. The molecule has 1 amide bonds. The van der Waals surface area contributed by atoms with E-state index in [-0.39, 0.29) is 0 Å². The predicted octanol–water partition coefficient (Wildman–Crippen LogP) is 2.42. The SMILES string of the molecule is CN(C(=O)O)c1ccc(C#C[Si](C)(C)C)cn1. The van der Waals surface area contributed by atoms with E-state index >= 15 is 0 Å². The summed E-state index contributed by atoms with van der Waals surface area (Å²) in [4.78, 5) is 15.8. The normalized spacial score (nSPS) is 10.4. The van der Waals surface area contributed by atoms with Crippen molar-refractivity contribution in [1.82, 2.24) is 4.98 Å². The summed E-state index contributed by atoms with van der Waals surface area (Å²) in [5.74, 6) is 3.46. The van der Waals surface area contributed by atoms with Crippen molar-refractivity contribution in [3.63, 3.8) is 0 Å². The molecule has 17 heavy (non-hydrogen) atoms. The summed E-state index contributed by atoms with van der Waals surface area (Å²) in [5.41, 5.74) is 4.04. The third-order valence-electron chi connectivity index (χ3n) is 1.96. The fourth-order valence-electron chi connectivity index (χ4n) is 1.02. The van der Waals surface area contributed by atoms with Crippen LogP contribution in [0.2, 0.25) is 19.6 Å². The van der Waals surface area contributed by atoms with Crippen molar-refractivity contribution in [2.45, 2.75) is 19.6 Å². The van der Waals surface area contributed by atoms with Gasteiger partial charge in [0.25, 0.3) is 0 Å². The van der Waals surface area contributed by atoms with Crippen LogP contribution in [0.4, 0.5) is 10.6 Å². The van der Waals surface area contributed by atoms with Crippen LogP contribution >= 0.6 is 0 Å². The van der Waals surface area contributed by atoms with E-state index in [9.17, 15) is 4.79 Å². The molecule has 0 bridgehead atoms. The van der Waals surface area contributed by atoms with Crippen molar-refractivity contribution in [1.29, 1.82) is 0 Å². The molecule has 0 radical (unpaired) electrons. The Morgan fingerprint density at radius 2 is 2.06 bits per heavy atom. The van der Waals surface area contributed by atoms with Crippen LogP contribution in [0.3, 0.4) is 0 Å². The maximum absolute atomic E-state index is 10.7. The van der Waals surface area contributed by atoms with Crippen LogP contribution in [0.25, 0.3) is 0 Å². The molecule has 1 heterocycles. The van der Waals surface area contributed by atoms with Gasteiger partial charge in [-0.1, -0.05) is 25.6 Å². The highest BCUT2D eigenvalue weighted by atomic mass is 28.3. The number of nitrogens with zero attached hydrogens (tertiary/aromatic N) is 2. The van der Waals surface area contributed by atoms with Crippen LogP contribution in [0.5, 0.6) is 0 Å². The number of hydrogen-bond donors (Lipinski definition) is 1. The van der Waals surface area contributed by atoms with Crippen LogP contribution in [0.1, 0.15) is 5.56 Å². The monoisotopic (exact) mass is 248 g/mol. The minimum absolute atomic E-state index is 0.399. The van der Waals surface area contributed by atoms with E-state index < -0.39 is 14.2 Å². The third-order valence-corrected chi connectivity index (χ3v) is 2.84. The minimum atomic E-state index is -1.39. The summed E-state index contributed by atoms with van der Waals surface area (Å²) in [6.07, 6.45) is 0.570. The summed E-state index contributed by atoms with van der Waals surface area (Å²) in [6, 6.07) is 3.44. The van der Waals surface area contributed by atoms with Crippen molar-refractivity contribution < 1.29 is 9.90 Å². The Bertz CT molecular complexity index is 466. The molecule has 0 spiro atoms. The summed E-state index contributed by atoms with van der Waals surface area (Å²) in [5, 5.41) is 8.78. The minimum Gasteiger partial charge on any atom is -0.465 e. The molecule has 0 saturated heterocycles. The van der Waals surface area contributed by atoms with Crippen LogP contribution in [-0.4, -0.2) is 31.3 Å². The van der Waals surface area contributed by atoms with Crippen molar-refractivity contribution in [3.05, 3.63) is 23.9 Å². The number of pyridine rings is 1. The molecule has 0 aromatic carbocycles. The second-order valence-corrected chi connectivity index (χ2v) is 9.50. The Morgan fingerprint density at radius 3 is 2.47 bits per heavy atom. The van der Waals surface area contributed by atoms with Crippen molar-refractivity contribution in [2.75, 3.05) is 11.9 Å². The summed E-state index contributed by atoms with van der Waals surface area (Å²) in [6.45, 7) is 6.50. The van der Waals surface area contributed by atoms with Gasteiger partial charge in [0.2, 0.25) is 0 Å². The number of aromatic nitrogens is 1. The molecule has 1 aromatic rings. The van der Waals surface area contributed by atoms with E-state index in [0.29, 0.717) is 5.82 Å². The summed E-state index contributed by atoms with van der Waals surface area (Å²) < 4.78 is 0. The lowest BCUT2D eigenvalue weighted by molar-refractivity contribution is 0.203. The largest absolute Gasteiger partial charge is 0.465 e. The molecule has 0 atom stereocenters. The van der Waals surface area contributed by atoms with E-state index in [0.717, 1.165) is 10.5 Å². The molecular formula is C12H16N2O2Si. The van der Waals surface area contributed by atoms with Gasteiger partial charge in [0.05, 0.1) is 0 Å². The van der Waals surface area contributed by atoms with Crippen LogP contribution in [-0.2, 0) is 0 Å². The van der Waals surface area contributed by atoms with E-state index in [1.807, 2.05) is 0 Å². The quantitative estimate of drug-likeness (QED) is 0.613. The van der Waals surface area contributed by atoms with Gasteiger partial charge < -0.3 is 5.11 Å². The molecule has 0 aliphatic rings. The lowest BCUT2D eigenvalue weighted by atomic mass is 10.3. The molecule has 1 rings (SSSR count). The third kappa shape index (κ3) is 4.29. The smallest absolute Gasteiger partial charge is 0.412 e. The van der Waals surface area contributed by atoms with Crippen molar-refractivity contribution in [2.24, 2.45) is 0 Å². The van der Waals surface area contributed by atoms with Crippen molar-refractivity contribution >= 4 is 20.0 Å². The van der Waals surface area contributed by atoms with Gasteiger partial charge in [0.1, 0.15) is 13.9 Å². The van der Waals surface area contributed by atoms with E-state index in [4.69, 9.17) is 5.11 Å². The Kier molecular flexibility index (Phi) is 3.92. The van der Waals surface area contributed by atoms with Gasteiger partial charge in [0, 0.05) is 18.8 Å². The first-order chi connectivity index (χ1) is 7.79. The maximum atomic E-state index is 10.7. The summed E-state index contributed by atoms with van der Waals surface area (Å²) >= 11 is 0. The molecule has 0 unspecified atom stereocenters. The number of carboxylic acid groups (broad SMARTS) is 1. The molecule has 0 aliphatic heterocycles. The molecular weight excluding hydrogens is 232 g/mol. The van der Waals surface area contributed by atoms with Crippen LogP contribution in [0.15, 0.2) is 18.3 Å². The Hall–Kier alpha value is -1.80. The Labute approximate surface area is 102 Å². The van der Waals surface area contributed by atoms with Gasteiger partial charge in [-0.15, -0.1) is 5.54 Å². The van der Waals surface area contributed by atoms with Gasteiger partial charge in [-0.3, -0.25) is 4.90 Å². The van der Waals surface area contributed by atoms with Gasteiger partial charge in [-0.2, -0.15) is 0 Å². The average Bonchev–Trinajstić information content (AvgIpc) is 2.25. The number of amides is 1. The maximum Gasteiger partial charge on any atom is 0.412 e. The molecule has 90 valence electrons. The van der Waals surface area contributed by atoms with E-state index in [1.54, 1.807) is 18.3 Å². The Morgan fingerprint density at radius 1 is 1.41 bits per heavy atom. The predicted molar refractivity (Wildman–Crippen MR) is 70.9 cm³/mol. The second kappa shape index (κ2) is 5.02. The first-order valence-corrected chi connectivity index (χ1v) is 8.75. The lowest BCUT2D eigenvalue weighted by Crippen LogP contribution is -2.24. The molecule has 4 nitrogen and oxygen atoms in total. The van der Waals surface area contributed by atoms with E-state index in [2.05, 4.69) is 36.1 Å². The standard InChI is InChI=1S/C12H16N2O2Si/c1-14(12(15)16)11-6-5-10(9-13-11)7-8-17(2,3)4/h5-6,9H,1-4H3,(H,15,16). The number of carbonyl (C=O) groups is 1.